The van der Waals surface area contributed by atoms with Crippen molar-refractivity contribution in [2.45, 2.75) is 25.6 Å². The average Bonchev–Trinajstić information content (AvgIpc) is 2.54. The van der Waals surface area contributed by atoms with Gasteiger partial charge in [-0.1, -0.05) is 0 Å². The molecule has 1 atom stereocenters. The molecular weight excluding hydrogens is 290 g/mol. The number of rotatable bonds is 4. The second-order valence-electron chi connectivity index (χ2n) is 5.06. The maximum atomic E-state index is 11.9. The summed E-state index contributed by atoms with van der Waals surface area (Å²) in [7, 11) is 2.91. The number of hydroxylamine groups is 1. The lowest BCUT2D eigenvalue weighted by Gasteiger charge is -2.21. The van der Waals surface area contributed by atoms with E-state index in [1.165, 1.54) is 37.0 Å². The second-order valence-corrected chi connectivity index (χ2v) is 5.06. The van der Waals surface area contributed by atoms with Gasteiger partial charge < -0.3 is 9.30 Å². The molecule has 0 unspecified atom stereocenters. The molecule has 120 valence electrons. The smallest absolute Gasteiger partial charge is 0.330 e. The number of nitrogens with one attached hydrogen (secondary N) is 1. The highest BCUT2D eigenvalue weighted by molar-refractivity contribution is 5.90. The van der Waals surface area contributed by atoms with Crippen molar-refractivity contribution in [3.63, 3.8) is 0 Å². The molecular formula is C14H19N3O5. The summed E-state index contributed by atoms with van der Waals surface area (Å²) in [5.41, 5.74) is 1.59. The van der Waals surface area contributed by atoms with Crippen LogP contribution in [0, 0.1) is 0 Å². The number of carbonyl (C=O) groups excluding carboxylic acids is 1. The zero-order valence-corrected chi connectivity index (χ0v) is 12.6. The number of hydrogen-bond donors (Lipinski definition) is 1. The van der Waals surface area contributed by atoms with Gasteiger partial charge in [-0.3, -0.25) is 14.2 Å². The number of aryl methyl sites for hydroxylation is 1. The van der Waals surface area contributed by atoms with E-state index in [4.69, 9.17) is 9.57 Å². The van der Waals surface area contributed by atoms with Crippen molar-refractivity contribution in [2.75, 3.05) is 6.61 Å². The Kier molecular flexibility index (Phi) is 5.29. The molecule has 1 N–H and O–H groups in total. The van der Waals surface area contributed by atoms with Gasteiger partial charge in [0.05, 0.1) is 5.56 Å². The zero-order chi connectivity index (χ0) is 16.1. The first-order valence-electron chi connectivity index (χ1n) is 7.01. The van der Waals surface area contributed by atoms with Gasteiger partial charge in [-0.2, -0.15) is 0 Å². The molecule has 1 aliphatic rings. The third-order valence-electron chi connectivity index (χ3n) is 3.32. The highest BCUT2D eigenvalue weighted by atomic mass is 16.8. The largest absolute Gasteiger partial charge is 0.350 e. The van der Waals surface area contributed by atoms with Crippen LogP contribution in [0.4, 0.5) is 0 Å². The Morgan fingerprint density at radius 1 is 1.41 bits per heavy atom. The summed E-state index contributed by atoms with van der Waals surface area (Å²) in [6.45, 7) is 0.616. The molecule has 0 spiro atoms. The van der Waals surface area contributed by atoms with Crippen LogP contribution in [0.2, 0.25) is 0 Å². The first-order chi connectivity index (χ1) is 10.5. The van der Waals surface area contributed by atoms with Crippen molar-refractivity contribution >= 4 is 12.0 Å². The second kappa shape index (κ2) is 7.19. The molecule has 1 aromatic heterocycles. The summed E-state index contributed by atoms with van der Waals surface area (Å²) in [5.74, 6) is -0.509. The zero-order valence-electron chi connectivity index (χ0n) is 12.6. The van der Waals surface area contributed by atoms with Crippen molar-refractivity contribution in [2.24, 2.45) is 14.1 Å². The van der Waals surface area contributed by atoms with Gasteiger partial charge in [0.15, 0.2) is 6.29 Å². The molecule has 1 aliphatic heterocycles. The highest BCUT2D eigenvalue weighted by Crippen LogP contribution is 2.12. The first-order valence-corrected chi connectivity index (χ1v) is 7.01. The number of amides is 1. The van der Waals surface area contributed by atoms with Gasteiger partial charge in [-0.25, -0.2) is 15.1 Å². The van der Waals surface area contributed by atoms with E-state index in [2.05, 4.69) is 5.48 Å². The molecule has 0 saturated carbocycles. The van der Waals surface area contributed by atoms with Crippen LogP contribution in [0.15, 0.2) is 21.9 Å². The highest BCUT2D eigenvalue weighted by Gasteiger charge is 2.15. The lowest BCUT2D eigenvalue weighted by Crippen LogP contribution is -2.37. The van der Waals surface area contributed by atoms with Gasteiger partial charge in [0.1, 0.15) is 0 Å². The molecule has 2 heterocycles. The standard InChI is InChI=1S/C14H19N3O5/c1-16-9-10(13(19)17(2)14(16)20)6-7-11(18)15-22-12-5-3-4-8-21-12/h6-7,9,12H,3-5,8H2,1-2H3,(H,15,18)/b7-6+/t12-/m1/s1. The van der Waals surface area contributed by atoms with Crippen LogP contribution < -0.4 is 16.7 Å². The van der Waals surface area contributed by atoms with Gasteiger partial charge in [-0.05, 0) is 18.9 Å². The molecule has 8 heteroatoms. The summed E-state index contributed by atoms with van der Waals surface area (Å²) in [6.07, 6.45) is 6.15. The van der Waals surface area contributed by atoms with Crippen LogP contribution in [0.1, 0.15) is 24.8 Å². The number of carbonyl (C=O) groups is 1. The molecule has 2 rings (SSSR count). The van der Waals surface area contributed by atoms with E-state index in [1.54, 1.807) is 0 Å². The number of aromatic nitrogens is 2. The molecule has 1 saturated heterocycles. The quantitative estimate of drug-likeness (QED) is 0.607. The third-order valence-corrected chi connectivity index (χ3v) is 3.32. The van der Waals surface area contributed by atoms with Crippen LogP contribution in [-0.2, 0) is 28.5 Å². The van der Waals surface area contributed by atoms with E-state index in [0.717, 1.165) is 23.8 Å². The maximum Gasteiger partial charge on any atom is 0.330 e. The van der Waals surface area contributed by atoms with Gasteiger partial charge >= 0.3 is 5.69 Å². The van der Waals surface area contributed by atoms with Crippen molar-refractivity contribution in [3.05, 3.63) is 38.7 Å². The minimum Gasteiger partial charge on any atom is -0.350 e. The minimum absolute atomic E-state index is 0.230. The normalized spacial score (nSPS) is 18.5. The third kappa shape index (κ3) is 3.92. The fraction of sp³-hybridized carbons (Fsp3) is 0.500. The monoisotopic (exact) mass is 309 g/mol. The van der Waals surface area contributed by atoms with Crippen molar-refractivity contribution in [3.8, 4) is 0 Å². The van der Waals surface area contributed by atoms with Crippen LogP contribution in [0.3, 0.4) is 0 Å². The van der Waals surface area contributed by atoms with Crippen LogP contribution in [-0.4, -0.2) is 27.9 Å². The molecule has 0 radical (unpaired) electrons. The number of hydrogen-bond acceptors (Lipinski definition) is 5. The van der Waals surface area contributed by atoms with E-state index < -0.39 is 23.4 Å². The molecule has 0 bridgehead atoms. The maximum absolute atomic E-state index is 11.9. The van der Waals surface area contributed by atoms with Gasteiger partial charge in [0, 0.05) is 39.4 Å². The Labute approximate surface area is 126 Å². The minimum atomic E-state index is -0.509. The number of nitrogens with zero attached hydrogens (tertiary/aromatic N) is 2. The van der Waals surface area contributed by atoms with Gasteiger partial charge in [0.2, 0.25) is 0 Å². The Bertz CT molecular complexity index is 683. The molecule has 0 aromatic carbocycles. The van der Waals surface area contributed by atoms with Gasteiger partial charge in [0.25, 0.3) is 11.5 Å². The van der Waals surface area contributed by atoms with Crippen molar-refractivity contribution in [1.29, 1.82) is 0 Å². The molecule has 0 aliphatic carbocycles. The first kappa shape index (κ1) is 16.2. The molecule has 22 heavy (non-hydrogen) atoms. The van der Waals surface area contributed by atoms with E-state index in [0.29, 0.717) is 6.61 Å². The Morgan fingerprint density at radius 3 is 2.86 bits per heavy atom. The summed E-state index contributed by atoms with van der Waals surface area (Å²) in [4.78, 5) is 40.2. The predicted octanol–water partition coefficient (Wildman–Crippen LogP) is -0.328. The number of ether oxygens (including phenoxy) is 1. The van der Waals surface area contributed by atoms with E-state index >= 15 is 0 Å². The Morgan fingerprint density at radius 2 is 2.18 bits per heavy atom. The average molecular weight is 309 g/mol. The molecule has 8 nitrogen and oxygen atoms in total. The van der Waals surface area contributed by atoms with Crippen molar-refractivity contribution < 1.29 is 14.4 Å². The lowest BCUT2D eigenvalue weighted by atomic mass is 10.2. The summed E-state index contributed by atoms with van der Waals surface area (Å²) >= 11 is 0. The van der Waals surface area contributed by atoms with Gasteiger partial charge in [-0.15, -0.1) is 0 Å². The topological polar surface area (TPSA) is 91.6 Å². The summed E-state index contributed by atoms with van der Waals surface area (Å²) < 4.78 is 7.55. The SMILES string of the molecule is Cn1cc(/C=C/C(=O)NO[C@@H]2CCCCO2)c(=O)n(C)c1=O. The van der Waals surface area contributed by atoms with E-state index in [9.17, 15) is 14.4 Å². The van der Waals surface area contributed by atoms with E-state index in [1.807, 2.05) is 0 Å². The fourth-order valence-corrected chi connectivity index (χ4v) is 2.08. The van der Waals surface area contributed by atoms with E-state index in [-0.39, 0.29) is 5.56 Å². The predicted molar refractivity (Wildman–Crippen MR) is 78.8 cm³/mol. The summed E-state index contributed by atoms with van der Waals surface area (Å²) in [5, 5.41) is 0. The summed E-state index contributed by atoms with van der Waals surface area (Å²) in [6, 6.07) is 0. The fourth-order valence-electron chi connectivity index (χ4n) is 2.08. The van der Waals surface area contributed by atoms with Crippen LogP contribution in [0.25, 0.3) is 6.08 Å². The Hall–Kier alpha value is -2.19. The Balaban J connectivity index is 1.98. The lowest BCUT2D eigenvalue weighted by molar-refractivity contribution is -0.198. The molecule has 1 amide bonds. The van der Waals surface area contributed by atoms with Crippen molar-refractivity contribution in [1.82, 2.24) is 14.6 Å². The molecule has 1 aromatic rings. The molecule has 1 fully saturated rings. The van der Waals surface area contributed by atoms with Crippen LogP contribution >= 0.6 is 0 Å². The van der Waals surface area contributed by atoms with Crippen LogP contribution in [0.5, 0.6) is 0 Å².